The highest BCUT2D eigenvalue weighted by Gasteiger charge is 1.94. The van der Waals surface area contributed by atoms with Crippen LogP contribution < -0.4 is 10.0 Å². The molecule has 1 aromatic carbocycles. The number of hydrogen-bond acceptors (Lipinski definition) is 2. The first kappa shape index (κ1) is 7.64. The zero-order valence-corrected chi connectivity index (χ0v) is 7.44. The van der Waals surface area contributed by atoms with Gasteiger partial charge in [0, 0.05) is 0 Å². The second-order valence-electron chi connectivity index (χ2n) is 1.83. The molecule has 52 valence electrons. The normalized spacial score (nSPS) is 9.70. The Bertz CT molecular complexity index is 220. The van der Waals surface area contributed by atoms with Gasteiger partial charge in [0.1, 0.15) is 5.75 Å². The maximum absolute atomic E-state index is 4.98. The van der Waals surface area contributed by atoms with E-state index in [1.807, 2.05) is 24.3 Å². The lowest BCUT2D eigenvalue weighted by atomic mass is 10.3. The zero-order valence-electron chi connectivity index (χ0n) is 5.63. The first-order valence-electron chi connectivity index (χ1n) is 2.89. The van der Waals surface area contributed by atoms with E-state index < -0.39 is 0 Å². The summed E-state index contributed by atoms with van der Waals surface area (Å²) in [6, 6.07) is 7.83. The van der Waals surface area contributed by atoms with E-state index in [9.17, 15) is 0 Å². The molecule has 0 aromatic heterocycles. The monoisotopic (exact) mass is 171 g/mol. The van der Waals surface area contributed by atoms with Gasteiger partial charge < -0.3 is 4.74 Å². The lowest BCUT2D eigenvalue weighted by Crippen LogP contribution is -1.89. The summed E-state index contributed by atoms with van der Waals surface area (Å²) in [5, 5.41) is 1.19. The number of hydrogen-bond donors (Lipinski definition) is 0. The van der Waals surface area contributed by atoms with Crippen molar-refractivity contribution in [2.24, 2.45) is 0 Å². The van der Waals surface area contributed by atoms with Crippen LogP contribution >= 0.6 is 7.36 Å². The Balaban J connectivity index is 2.90. The van der Waals surface area contributed by atoms with Crippen molar-refractivity contribution in [1.82, 2.24) is 0 Å². The van der Waals surface area contributed by atoms with Crippen LogP contribution in [0.1, 0.15) is 0 Å². The average molecular weight is 171 g/mol. The van der Waals surface area contributed by atoms with Gasteiger partial charge in [0.05, 0.1) is 7.11 Å². The largest absolute Gasteiger partial charge is 0.497 e. The molecule has 0 amide bonds. The third-order valence-corrected chi connectivity index (χ3v) is 2.48. The maximum Gasteiger partial charge on any atom is 0.198 e. The van der Waals surface area contributed by atoms with E-state index in [1.165, 1.54) is 5.30 Å². The summed E-state index contributed by atoms with van der Waals surface area (Å²) in [5.41, 5.74) is 0. The van der Waals surface area contributed by atoms with Crippen LogP contribution in [0, 0.1) is 0 Å². The first-order chi connectivity index (χ1) is 4.86. The maximum atomic E-state index is 4.98. The second kappa shape index (κ2) is 3.65. The van der Waals surface area contributed by atoms with Gasteiger partial charge in [-0.3, -0.25) is 0 Å². The van der Waals surface area contributed by atoms with Crippen LogP contribution in [0.2, 0.25) is 0 Å². The molecule has 0 fully saturated rings. The molecule has 0 aliphatic carbocycles. The van der Waals surface area contributed by atoms with Crippen molar-refractivity contribution in [3.63, 3.8) is 0 Å². The van der Waals surface area contributed by atoms with Crippen molar-refractivity contribution in [3.05, 3.63) is 24.3 Å². The van der Waals surface area contributed by atoms with Crippen LogP contribution in [-0.2, 0) is 11.8 Å². The van der Waals surface area contributed by atoms with Gasteiger partial charge in [0.25, 0.3) is 0 Å². The van der Waals surface area contributed by atoms with Crippen LogP contribution in [-0.4, -0.2) is 7.11 Å². The number of ether oxygens (including phenoxy) is 1. The van der Waals surface area contributed by atoms with Crippen molar-refractivity contribution in [3.8, 4) is 5.75 Å². The van der Waals surface area contributed by atoms with Crippen LogP contribution in [0.15, 0.2) is 24.3 Å². The predicted molar refractivity (Wildman–Crippen MR) is 48.3 cm³/mol. The summed E-state index contributed by atoms with van der Waals surface area (Å²) in [6.45, 7) is 0. The van der Waals surface area contributed by atoms with Gasteiger partial charge in [0.15, 0.2) is 24.5 Å². The lowest BCUT2D eigenvalue weighted by molar-refractivity contribution is 0.415. The molecule has 0 aliphatic heterocycles. The van der Waals surface area contributed by atoms with Gasteiger partial charge >= 0.3 is 0 Å². The van der Waals surface area contributed by atoms with E-state index in [0.29, 0.717) is 7.36 Å². The summed E-state index contributed by atoms with van der Waals surface area (Å²) in [6.07, 6.45) is 0. The Labute approximate surface area is 66.9 Å². The molecule has 0 saturated heterocycles. The van der Waals surface area contributed by atoms with Gasteiger partial charge in [-0.2, -0.15) is 0 Å². The van der Waals surface area contributed by atoms with Crippen molar-refractivity contribution < 1.29 is 4.74 Å². The van der Waals surface area contributed by atoms with E-state index in [4.69, 9.17) is 16.5 Å². The summed E-state index contributed by atoms with van der Waals surface area (Å²) in [4.78, 5) is 0. The second-order valence-corrected chi connectivity index (χ2v) is 3.22. The lowest BCUT2D eigenvalue weighted by Gasteiger charge is -1.94. The SMILES string of the molecule is COc1ccc([PH+]=S)cc1. The third kappa shape index (κ3) is 1.76. The van der Waals surface area contributed by atoms with Gasteiger partial charge in [-0.05, 0) is 24.3 Å². The number of rotatable bonds is 2. The molecule has 0 spiro atoms. The van der Waals surface area contributed by atoms with E-state index in [0.717, 1.165) is 5.75 Å². The highest BCUT2D eigenvalue weighted by atomic mass is 32.4. The molecule has 1 aromatic rings. The van der Waals surface area contributed by atoms with Crippen molar-refractivity contribution in [2.75, 3.05) is 7.11 Å². The molecule has 10 heavy (non-hydrogen) atoms. The van der Waals surface area contributed by atoms with Crippen molar-refractivity contribution in [1.29, 1.82) is 0 Å². The number of methoxy groups -OCH3 is 1. The minimum absolute atomic E-state index is 0.456. The summed E-state index contributed by atoms with van der Waals surface area (Å²) < 4.78 is 4.98. The third-order valence-electron chi connectivity index (χ3n) is 1.21. The molecule has 1 atom stereocenters. The van der Waals surface area contributed by atoms with Crippen LogP contribution in [0.3, 0.4) is 0 Å². The zero-order chi connectivity index (χ0) is 7.40. The first-order valence-corrected chi connectivity index (χ1v) is 5.02. The van der Waals surface area contributed by atoms with Crippen LogP contribution in [0.5, 0.6) is 5.75 Å². The summed E-state index contributed by atoms with van der Waals surface area (Å²) >= 11 is 4.88. The smallest absolute Gasteiger partial charge is 0.198 e. The molecular weight excluding hydrogens is 163 g/mol. The fraction of sp³-hybridized carbons (Fsp3) is 0.143. The molecule has 0 bridgehead atoms. The molecule has 3 heteroatoms. The summed E-state index contributed by atoms with van der Waals surface area (Å²) in [7, 11) is 2.11. The van der Waals surface area contributed by atoms with Gasteiger partial charge in [0.2, 0.25) is 0 Å². The standard InChI is InChI=1S/C7H7OPS/c1-8-6-2-4-7(9-10)5-3-6/h2-5H,1H3/p+1. The molecule has 0 saturated carbocycles. The fourth-order valence-electron chi connectivity index (χ4n) is 0.659. The van der Waals surface area contributed by atoms with Crippen molar-refractivity contribution >= 4 is 24.5 Å². The average Bonchev–Trinajstić information content (AvgIpc) is 2.05. The summed E-state index contributed by atoms with van der Waals surface area (Å²) in [5.74, 6) is 0.886. The quantitative estimate of drug-likeness (QED) is 0.623. The van der Waals surface area contributed by atoms with E-state index in [2.05, 4.69) is 0 Å². The molecule has 0 N–H and O–H groups in total. The van der Waals surface area contributed by atoms with Crippen LogP contribution in [0.4, 0.5) is 0 Å². The highest BCUT2D eigenvalue weighted by molar-refractivity contribution is 7.99. The van der Waals surface area contributed by atoms with Crippen LogP contribution in [0.25, 0.3) is 0 Å². The van der Waals surface area contributed by atoms with E-state index in [-0.39, 0.29) is 0 Å². The Morgan fingerprint density at radius 1 is 1.30 bits per heavy atom. The van der Waals surface area contributed by atoms with Crippen molar-refractivity contribution in [2.45, 2.75) is 0 Å². The molecule has 1 nitrogen and oxygen atoms in total. The Hall–Kier alpha value is -0.460. The van der Waals surface area contributed by atoms with Gasteiger partial charge in [-0.1, -0.05) is 0 Å². The van der Waals surface area contributed by atoms with Gasteiger partial charge in [-0.25, -0.2) is 0 Å². The molecule has 1 unspecified atom stereocenters. The molecule has 0 radical (unpaired) electrons. The fourth-order valence-corrected chi connectivity index (χ4v) is 1.37. The predicted octanol–water partition coefficient (Wildman–Crippen LogP) is 1.46. The highest BCUT2D eigenvalue weighted by Crippen LogP contribution is 2.07. The van der Waals surface area contributed by atoms with E-state index >= 15 is 0 Å². The Morgan fingerprint density at radius 2 is 1.90 bits per heavy atom. The minimum Gasteiger partial charge on any atom is -0.497 e. The van der Waals surface area contributed by atoms with E-state index in [1.54, 1.807) is 7.11 Å². The molecule has 1 rings (SSSR count). The van der Waals surface area contributed by atoms with Gasteiger partial charge in [-0.15, -0.1) is 0 Å². The Morgan fingerprint density at radius 3 is 2.30 bits per heavy atom. The number of benzene rings is 1. The molecular formula is C7H8OPS+. The molecule has 0 aliphatic rings. The minimum atomic E-state index is 0.456. The Kier molecular flexibility index (Phi) is 2.79. The topological polar surface area (TPSA) is 9.23 Å². The molecule has 0 heterocycles.